The summed E-state index contributed by atoms with van der Waals surface area (Å²) in [5, 5.41) is 3.23. The summed E-state index contributed by atoms with van der Waals surface area (Å²) in [6.45, 7) is 7.75. The molecule has 2 aromatic rings. The second kappa shape index (κ2) is 9.74. The summed E-state index contributed by atoms with van der Waals surface area (Å²) < 4.78 is 26.9. The van der Waals surface area contributed by atoms with Crippen LogP contribution in [-0.2, 0) is 10.0 Å². The van der Waals surface area contributed by atoms with Crippen molar-refractivity contribution in [3.05, 3.63) is 64.7 Å². The monoisotopic (exact) mass is 436 g/mol. The van der Waals surface area contributed by atoms with Crippen molar-refractivity contribution in [2.45, 2.75) is 51.1 Å². The van der Waals surface area contributed by atoms with E-state index in [2.05, 4.69) is 19.2 Å². The van der Waals surface area contributed by atoms with E-state index < -0.39 is 15.9 Å². The lowest BCUT2D eigenvalue weighted by molar-refractivity contribution is 0.0932. The first-order chi connectivity index (χ1) is 13.5. The number of hydrogen-bond acceptors (Lipinski definition) is 3. The number of carbonyl (C=O) groups is 1. The zero-order valence-corrected chi connectivity index (χ0v) is 19.1. The molecule has 1 atom stereocenters. The molecule has 0 spiro atoms. The van der Waals surface area contributed by atoms with Crippen LogP contribution in [0, 0.1) is 5.92 Å². The van der Waals surface area contributed by atoms with Crippen LogP contribution < -0.4 is 5.32 Å². The number of nitrogens with one attached hydrogen (secondary N) is 1. The lowest BCUT2D eigenvalue weighted by atomic mass is 9.96. The fourth-order valence-corrected chi connectivity index (χ4v) is 4.55. The van der Waals surface area contributed by atoms with Gasteiger partial charge in [0, 0.05) is 13.1 Å². The molecule has 0 saturated carbocycles. The molecule has 158 valence electrons. The molecule has 1 N–H and O–H groups in total. The number of rotatable bonds is 8. The van der Waals surface area contributed by atoms with Crippen LogP contribution in [0.15, 0.2) is 53.4 Å². The SMILES string of the molecule is CC(C)CC(NC(=O)c1cc(S(=O)(=O)N(C)C(C)C)ccc1Cl)c1ccccc1. The first-order valence-electron chi connectivity index (χ1n) is 9.67. The van der Waals surface area contributed by atoms with Gasteiger partial charge in [-0.05, 0) is 49.9 Å². The Balaban J connectivity index is 2.37. The molecule has 29 heavy (non-hydrogen) atoms. The fraction of sp³-hybridized carbons (Fsp3) is 0.409. The van der Waals surface area contributed by atoms with Gasteiger partial charge in [-0.1, -0.05) is 55.8 Å². The number of nitrogens with zero attached hydrogens (tertiary/aromatic N) is 1. The van der Waals surface area contributed by atoms with Crippen molar-refractivity contribution in [2.75, 3.05) is 7.05 Å². The predicted octanol–water partition coefficient (Wildman–Crippen LogP) is 4.89. The molecule has 0 radical (unpaired) electrons. The third kappa shape index (κ3) is 5.81. The zero-order chi connectivity index (χ0) is 21.8. The Bertz CT molecular complexity index is 944. The summed E-state index contributed by atoms with van der Waals surface area (Å²) in [5.41, 5.74) is 1.14. The van der Waals surface area contributed by atoms with Crippen LogP contribution in [0.1, 0.15) is 56.1 Å². The Kier molecular flexibility index (Phi) is 7.86. The maximum absolute atomic E-state index is 13.0. The van der Waals surface area contributed by atoms with Gasteiger partial charge >= 0.3 is 0 Å². The van der Waals surface area contributed by atoms with Gasteiger partial charge in [-0.2, -0.15) is 4.31 Å². The van der Waals surface area contributed by atoms with Crippen LogP contribution in [0.25, 0.3) is 0 Å². The molecular formula is C22H29ClN2O3S. The van der Waals surface area contributed by atoms with Gasteiger partial charge < -0.3 is 5.32 Å². The van der Waals surface area contributed by atoms with Crippen molar-refractivity contribution in [2.24, 2.45) is 5.92 Å². The van der Waals surface area contributed by atoms with Crippen LogP contribution in [0.2, 0.25) is 5.02 Å². The number of amides is 1. The van der Waals surface area contributed by atoms with Crippen molar-refractivity contribution >= 4 is 27.5 Å². The molecule has 2 aromatic carbocycles. The number of benzene rings is 2. The Labute approximate surface area is 179 Å². The number of sulfonamides is 1. The van der Waals surface area contributed by atoms with E-state index in [0.29, 0.717) is 5.92 Å². The van der Waals surface area contributed by atoms with E-state index >= 15 is 0 Å². The van der Waals surface area contributed by atoms with Gasteiger partial charge in [0.05, 0.1) is 21.5 Å². The number of hydrogen-bond donors (Lipinski definition) is 1. The third-order valence-corrected chi connectivity index (χ3v) is 7.16. The normalized spacial score (nSPS) is 13.1. The highest BCUT2D eigenvalue weighted by Crippen LogP contribution is 2.26. The average molecular weight is 437 g/mol. The number of carbonyl (C=O) groups excluding carboxylic acids is 1. The predicted molar refractivity (Wildman–Crippen MR) is 118 cm³/mol. The summed E-state index contributed by atoms with van der Waals surface area (Å²) in [4.78, 5) is 13.1. The second-order valence-electron chi connectivity index (χ2n) is 7.82. The minimum atomic E-state index is -3.72. The van der Waals surface area contributed by atoms with Gasteiger partial charge in [-0.15, -0.1) is 0 Å². The zero-order valence-electron chi connectivity index (χ0n) is 17.5. The molecule has 0 bridgehead atoms. The fourth-order valence-electron chi connectivity index (χ4n) is 2.95. The van der Waals surface area contributed by atoms with E-state index in [0.717, 1.165) is 12.0 Å². The lowest BCUT2D eigenvalue weighted by Crippen LogP contribution is -2.33. The van der Waals surface area contributed by atoms with Gasteiger partial charge in [0.2, 0.25) is 10.0 Å². The molecule has 5 nitrogen and oxygen atoms in total. The minimum absolute atomic E-state index is 0.0448. The van der Waals surface area contributed by atoms with E-state index in [9.17, 15) is 13.2 Å². The van der Waals surface area contributed by atoms with Crippen molar-refractivity contribution < 1.29 is 13.2 Å². The molecule has 0 aliphatic heterocycles. The largest absolute Gasteiger partial charge is 0.345 e. The van der Waals surface area contributed by atoms with Crippen LogP contribution in [0.4, 0.5) is 0 Å². The van der Waals surface area contributed by atoms with E-state index in [1.165, 1.54) is 29.6 Å². The lowest BCUT2D eigenvalue weighted by Gasteiger charge is -2.23. The Morgan fingerprint density at radius 3 is 2.24 bits per heavy atom. The summed E-state index contributed by atoms with van der Waals surface area (Å²) >= 11 is 6.25. The second-order valence-corrected chi connectivity index (χ2v) is 10.2. The molecule has 0 aliphatic carbocycles. The van der Waals surface area contributed by atoms with Gasteiger partial charge in [0.25, 0.3) is 5.91 Å². The first kappa shape index (κ1) is 23.4. The Hall–Kier alpha value is -1.89. The van der Waals surface area contributed by atoms with Crippen molar-refractivity contribution in [3.8, 4) is 0 Å². The highest BCUT2D eigenvalue weighted by molar-refractivity contribution is 7.89. The molecule has 7 heteroatoms. The molecule has 0 aromatic heterocycles. The minimum Gasteiger partial charge on any atom is -0.345 e. The van der Waals surface area contributed by atoms with Crippen molar-refractivity contribution in [1.82, 2.24) is 9.62 Å². The number of halogens is 1. The maximum atomic E-state index is 13.0. The highest BCUT2D eigenvalue weighted by atomic mass is 35.5. The quantitative estimate of drug-likeness (QED) is 0.640. The van der Waals surface area contributed by atoms with Crippen molar-refractivity contribution in [1.29, 1.82) is 0 Å². The Morgan fingerprint density at radius 1 is 1.07 bits per heavy atom. The van der Waals surface area contributed by atoms with Crippen LogP contribution in [0.5, 0.6) is 0 Å². The highest BCUT2D eigenvalue weighted by Gasteiger charge is 2.26. The topological polar surface area (TPSA) is 66.5 Å². The van der Waals surface area contributed by atoms with Crippen LogP contribution in [-0.4, -0.2) is 31.7 Å². The smallest absolute Gasteiger partial charge is 0.253 e. The molecular weight excluding hydrogens is 408 g/mol. The molecule has 2 rings (SSSR count). The average Bonchev–Trinajstić information content (AvgIpc) is 2.67. The van der Waals surface area contributed by atoms with Crippen molar-refractivity contribution in [3.63, 3.8) is 0 Å². The van der Waals surface area contributed by atoms with E-state index in [1.54, 1.807) is 13.8 Å². The van der Waals surface area contributed by atoms with E-state index in [1.807, 2.05) is 30.3 Å². The van der Waals surface area contributed by atoms with Crippen LogP contribution >= 0.6 is 11.6 Å². The summed E-state index contributed by atoms with van der Waals surface area (Å²) in [5.74, 6) is -0.0314. The Morgan fingerprint density at radius 2 is 1.69 bits per heavy atom. The summed E-state index contributed by atoms with van der Waals surface area (Å²) in [6, 6.07) is 13.5. The molecule has 1 unspecified atom stereocenters. The molecule has 1 amide bonds. The molecule has 0 saturated heterocycles. The van der Waals surface area contributed by atoms with Gasteiger partial charge in [0.15, 0.2) is 0 Å². The molecule has 0 aliphatic rings. The molecule has 0 heterocycles. The summed E-state index contributed by atoms with van der Waals surface area (Å²) in [7, 11) is -2.20. The van der Waals surface area contributed by atoms with Gasteiger partial charge in [0.1, 0.15) is 0 Å². The van der Waals surface area contributed by atoms with Gasteiger partial charge in [-0.3, -0.25) is 4.79 Å². The van der Waals surface area contributed by atoms with Gasteiger partial charge in [-0.25, -0.2) is 8.42 Å². The molecule has 0 fully saturated rings. The summed E-state index contributed by atoms with van der Waals surface area (Å²) in [6.07, 6.45) is 0.751. The van der Waals surface area contributed by atoms with E-state index in [4.69, 9.17) is 11.6 Å². The first-order valence-corrected chi connectivity index (χ1v) is 11.5. The standard InChI is InChI=1S/C22H29ClN2O3S/c1-15(2)13-21(17-9-7-6-8-10-17)24-22(26)19-14-18(11-12-20(19)23)29(27,28)25(5)16(3)4/h6-12,14-16,21H,13H2,1-5H3,(H,24,26). The maximum Gasteiger partial charge on any atom is 0.253 e. The van der Waals surface area contributed by atoms with E-state index in [-0.39, 0.29) is 27.6 Å². The van der Waals surface area contributed by atoms with Crippen LogP contribution in [0.3, 0.4) is 0 Å². The third-order valence-electron chi connectivity index (χ3n) is 4.80.